The Hall–Kier alpha value is -1.09. The van der Waals surface area contributed by atoms with Gasteiger partial charge in [0.2, 0.25) is 0 Å². The van der Waals surface area contributed by atoms with Crippen LogP contribution in [0, 0.1) is 0 Å². The number of rotatable bonds is 1. The lowest BCUT2D eigenvalue weighted by Gasteiger charge is -1.87. The molecule has 0 fully saturated rings. The first-order chi connectivity index (χ1) is 5.79. The molecule has 1 aromatic carbocycles. The lowest BCUT2D eigenvalue weighted by Crippen LogP contribution is -1.65. The Kier molecular flexibility index (Phi) is 1.73. The van der Waals surface area contributed by atoms with E-state index in [1.54, 1.807) is 6.07 Å². The van der Waals surface area contributed by atoms with Gasteiger partial charge in [-0.2, -0.15) is 0 Å². The predicted molar refractivity (Wildman–Crippen MR) is 49.3 cm³/mol. The van der Waals surface area contributed by atoms with Crippen LogP contribution in [0.3, 0.4) is 0 Å². The van der Waals surface area contributed by atoms with Gasteiger partial charge < -0.3 is 4.42 Å². The molecular formula is C9H5BrO2. The van der Waals surface area contributed by atoms with E-state index in [-0.39, 0.29) is 0 Å². The van der Waals surface area contributed by atoms with Crippen molar-refractivity contribution < 1.29 is 9.21 Å². The van der Waals surface area contributed by atoms with Gasteiger partial charge in [-0.25, -0.2) is 0 Å². The zero-order valence-electron chi connectivity index (χ0n) is 6.08. The van der Waals surface area contributed by atoms with Crippen LogP contribution in [-0.4, -0.2) is 6.29 Å². The maximum absolute atomic E-state index is 10.4. The normalized spacial score (nSPS) is 10.4. The van der Waals surface area contributed by atoms with Crippen LogP contribution in [0.4, 0.5) is 0 Å². The number of aldehydes is 1. The maximum Gasteiger partial charge on any atom is 0.185 e. The van der Waals surface area contributed by atoms with Crippen LogP contribution in [0.2, 0.25) is 0 Å². The minimum absolute atomic E-state index is 0.364. The second-order valence-corrected chi connectivity index (χ2v) is 3.36. The van der Waals surface area contributed by atoms with Gasteiger partial charge >= 0.3 is 0 Å². The molecular weight excluding hydrogens is 220 g/mol. The number of carbonyl (C=O) groups excluding carboxylic acids is 1. The highest BCUT2D eigenvalue weighted by Crippen LogP contribution is 2.22. The Balaban J connectivity index is 2.75. The fourth-order valence-corrected chi connectivity index (χ4v) is 1.47. The largest absolute Gasteiger partial charge is 0.453 e. The van der Waals surface area contributed by atoms with Crippen LogP contribution >= 0.6 is 15.9 Å². The second-order valence-electron chi connectivity index (χ2n) is 2.45. The first-order valence-corrected chi connectivity index (χ1v) is 4.23. The lowest BCUT2D eigenvalue weighted by molar-refractivity contribution is 0.110. The van der Waals surface area contributed by atoms with Gasteiger partial charge in [0.05, 0.1) is 0 Å². The van der Waals surface area contributed by atoms with Gasteiger partial charge in [0.15, 0.2) is 12.0 Å². The van der Waals surface area contributed by atoms with E-state index in [1.807, 2.05) is 18.2 Å². The van der Waals surface area contributed by atoms with Crippen molar-refractivity contribution in [2.24, 2.45) is 0 Å². The smallest absolute Gasteiger partial charge is 0.185 e. The standard InChI is InChI=1S/C9H5BrO2/c10-7-1-2-9-6(3-7)4-8(5-11)12-9/h1-5H. The summed E-state index contributed by atoms with van der Waals surface area (Å²) in [5, 5.41) is 0.937. The highest BCUT2D eigenvalue weighted by molar-refractivity contribution is 9.10. The number of hydrogen-bond donors (Lipinski definition) is 0. The monoisotopic (exact) mass is 224 g/mol. The van der Waals surface area contributed by atoms with E-state index in [2.05, 4.69) is 15.9 Å². The molecule has 2 rings (SSSR count). The van der Waals surface area contributed by atoms with Gasteiger partial charge in [-0.05, 0) is 24.3 Å². The topological polar surface area (TPSA) is 30.2 Å². The van der Waals surface area contributed by atoms with Gasteiger partial charge in [-0.15, -0.1) is 0 Å². The van der Waals surface area contributed by atoms with Gasteiger partial charge in [0.1, 0.15) is 5.58 Å². The third-order valence-corrected chi connectivity index (χ3v) is 2.11. The molecule has 0 aliphatic heterocycles. The van der Waals surface area contributed by atoms with Gasteiger partial charge in [-0.1, -0.05) is 15.9 Å². The summed E-state index contributed by atoms with van der Waals surface area (Å²) in [6, 6.07) is 7.33. The van der Waals surface area contributed by atoms with E-state index < -0.39 is 0 Å². The van der Waals surface area contributed by atoms with E-state index in [0.29, 0.717) is 12.0 Å². The highest BCUT2D eigenvalue weighted by atomic mass is 79.9. The van der Waals surface area contributed by atoms with Crippen molar-refractivity contribution in [1.82, 2.24) is 0 Å². The van der Waals surface area contributed by atoms with Crippen LogP contribution in [0.25, 0.3) is 11.0 Å². The van der Waals surface area contributed by atoms with Crippen molar-refractivity contribution in [2.45, 2.75) is 0 Å². The molecule has 0 amide bonds. The van der Waals surface area contributed by atoms with Crippen molar-refractivity contribution in [2.75, 3.05) is 0 Å². The summed E-state index contributed by atoms with van der Waals surface area (Å²) >= 11 is 3.33. The predicted octanol–water partition coefficient (Wildman–Crippen LogP) is 3.01. The fourth-order valence-electron chi connectivity index (χ4n) is 1.09. The molecule has 0 saturated carbocycles. The van der Waals surface area contributed by atoms with Crippen LogP contribution in [0.5, 0.6) is 0 Å². The first-order valence-electron chi connectivity index (χ1n) is 3.44. The maximum atomic E-state index is 10.4. The Bertz CT molecular complexity index is 431. The zero-order chi connectivity index (χ0) is 8.55. The number of hydrogen-bond acceptors (Lipinski definition) is 2. The van der Waals surface area contributed by atoms with Crippen LogP contribution < -0.4 is 0 Å². The number of furan rings is 1. The molecule has 2 aromatic rings. The summed E-state index contributed by atoms with van der Waals surface area (Å²) in [6.07, 6.45) is 0.702. The number of halogens is 1. The van der Waals surface area contributed by atoms with E-state index in [4.69, 9.17) is 4.42 Å². The Morgan fingerprint density at radius 3 is 2.92 bits per heavy atom. The van der Waals surface area contributed by atoms with Crippen LogP contribution in [-0.2, 0) is 0 Å². The van der Waals surface area contributed by atoms with E-state index in [1.165, 1.54) is 0 Å². The third-order valence-electron chi connectivity index (χ3n) is 1.61. The SMILES string of the molecule is O=Cc1cc2cc(Br)ccc2o1. The molecule has 3 heteroatoms. The zero-order valence-corrected chi connectivity index (χ0v) is 7.67. The number of benzene rings is 1. The van der Waals surface area contributed by atoms with Crippen LogP contribution in [0.1, 0.15) is 10.6 Å². The Morgan fingerprint density at radius 2 is 2.17 bits per heavy atom. The lowest BCUT2D eigenvalue weighted by atomic mass is 10.2. The minimum Gasteiger partial charge on any atom is -0.453 e. The van der Waals surface area contributed by atoms with Gasteiger partial charge in [0, 0.05) is 9.86 Å². The minimum atomic E-state index is 0.364. The quantitative estimate of drug-likeness (QED) is 0.698. The Morgan fingerprint density at radius 1 is 1.33 bits per heavy atom. The molecule has 2 nitrogen and oxygen atoms in total. The third kappa shape index (κ3) is 1.16. The Labute approximate surface area is 77.3 Å². The second kappa shape index (κ2) is 2.75. The van der Waals surface area contributed by atoms with Crippen molar-refractivity contribution in [3.05, 3.63) is 34.5 Å². The summed E-state index contributed by atoms with van der Waals surface area (Å²) < 4.78 is 6.16. The average Bonchev–Trinajstić information content (AvgIpc) is 2.46. The molecule has 0 spiro atoms. The molecule has 1 aromatic heterocycles. The van der Waals surface area contributed by atoms with Crippen molar-refractivity contribution in [1.29, 1.82) is 0 Å². The number of fused-ring (bicyclic) bond motifs is 1. The van der Waals surface area contributed by atoms with Crippen molar-refractivity contribution in [3.63, 3.8) is 0 Å². The molecule has 0 N–H and O–H groups in total. The molecule has 0 bridgehead atoms. The fraction of sp³-hybridized carbons (Fsp3) is 0. The molecule has 0 radical (unpaired) electrons. The highest BCUT2D eigenvalue weighted by Gasteiger charge is 2.01. The molecule has 60 valence electrons. The summed E-state index contributed by atoms with van der Waals surface area (Å²) in [7, 11) is 0. The molecule has 0 aliphatic rings. The molecule has 0 aliphatic carbocycles. The summed E-state index contributed by atoms with van der Waals surface area (Å²) in [5.74, 6) is 0.364. The molecule has 0 atom stereocenters. The van der Waals surface area contributed by atoms with Crippen LogP contribution in [0.15, 0.2) is 33.2 Å². The van der Waals surface area contributed by atoms with Gasteiger partial charge in [0.25, 0.3) is 0 Å². The number of carbonyl (C=O) groups is 1. The molecule has 0 saturated heterocycles. The van der Waals surface area contributed by atoms with E-state index >= 15 is 0 Å². The van der Waals surface area contributed by atoms with E-state index in [9.17, 15) is 4.79 Å². The first kappa shape index (κ1) is 7.55. The molecule has 1 heterocycles. The van der Waals surface area contributed by atoms with Crippen molar-refractivity contribution in [3.8, 4) is 0 Å². The molecule has 0 unspecified atom stereocenters. The van der Waals surface area contributed by atoms with E-state index in [0.717, 1.165) is 15.4 Å². The summed E-state index contributed by atoms with van der Waals surface area (Å²) in [6.45, 7) is 0. The average molecular weight is 225 g/mol. The van der Waals surface area contributed by atoms with Gasteiger partial charge in [-0.3, -0.25) is 4.79 Å². The molecule has 12 heavy (non-hydrogen) atoms. The summed E-state index contributed by atoms with van der Waals surface area (Å²) in [5.41, 5.74) is 0.736. The summed E-state index contributed by atoms with van der Waals surface area (Å²) in [4.78, 5) is 10.4. The van der Waals surface area contributed by atoms with Crippen molar-refractivity contribution >= 4 is 33.2 Å².